The second-order valence-corrected chi connectivity index (χ2v) is 3.44. The Morgan fingerprint density at radius 2 is 2.20 bits per heavy atom. The van der Waals surface area contributed by atoms with Crippen molar-refractivity contribution in [1.29, 1.82) is 0 Å². The Morgan fingerprint density at radius 3 is 2.87 bits per heavy atom. The molecule has 0 fully saturated rings. The van der Waals surface area contributed by atoms with E-state index in [9.17, 15) is 4.79 Å². The molecule has 1 aromatic carbocycles. The topological polar surface area (TPSA) is 32.9 Å². The number of para-hydroxylation sites is 1. The van der Waals surface area contributed by atoms with E-state index in [1.54, 1.807) is 6.08 Å². The summed E-state index contributed by atoms with van der Waals surface area (Å²) in [5.41, 5.74) is 2.58. The van der Waals surface area contributed by atoms with Crippen molar-refractivity contribution in [2.24, 2.45) is 0 Å². The van der Waals surface area contributed by atoms with Gasteiger partial charge in [0, 0.05) is 22.9 Å². The minimum Gasteiger partial charge on any atom is -0.352 e. The van der Waals surface area contributed by atoms with Crippen LogP contribution in [0.25, 0.3) is 17.0 Å². The highest BCUT2D eigenvalue weighted by atomic mass is 16.1. The Balaban J connectivity index is 2.74. The standard InChI is InChI=1S/C13H13NO/c1-3-9-10-7-5-6-8-11(10)14-13(9)12(15)4-2/h3,5-8,14H,1,4H2,2H3. The number of H-pyrrole nitrogens is 1. The summed E-state index contributed by atoms with van der Waals surface area (Å²) in [6.07, 6.45) is 2.25. The highest BCUT2D eigenvalue weighted by Crippen LogP contribution is 2.24. The van der Waals surface area contributed by atoms with Gasteiger partial charge in [-0.15, -0.1) is 0 Å². The van der Waals surface area contributed by atoms with Gasteiger partial charge in [0.15, 0.2) is 5.78 Å². The van der Waals surface area contributed by atoms with Crippen LogP contribution in [0.15, 0.2) is 30.8 Å². The molecular weight excluding hydrogens is 186 g/mol. The molecule has 0 aliphatic carbocycles. The summed E-state index contributed by atoms with van der Waals surface area (Å²) in [6.45, 7) is 5.62. The van der Waals surface area contributed by atoms with E-state index in [-0.39, 0.29) is 5.78 Å². The van der Waals surface area contributed by atoms with Crippen LogP contribution in [0.1, 0.15) is 29.4 Å². The van der Waals surface area contributed by atoms with E-state index in [0.717, 1.165) is 16.5 Å². The second-order valence-electron chi connectivity index (χ2n) is 3.44. The van der Waals surface area contributed by atoms with E-state index in [0.29, 0.717) is 12.1 Å². The molecular formula is C13H13NO. The molecule has 2 aromatic rings. The normalized spacial score (nSPS) is 10.5. The van der Waals surface area contributed by atoms with Crippen molar-refractivity contribution in [3.05, 3.63) is 42.1 Å². The first-order valence-electron chi connectivity index (χ1n) is 5.04. The number of carbonyl (C=O) groups is 1. The first kappa shape index (κ1) is 9.71. The lowest BCUT2D eigenvalue weighted by Crippen LogP contribution is -1.98. The van der Waals surface area contributed by atoms with Gasteiger partial charge in [0.25, 0.3) is 0 Å². The number of benzene rings is 1. The van der Waals surface area contributed by atoms with Gasteiger partial charge in [-0.1, -0.05) is 37.8 Å². The number of fused-ring (bicyclic) bond motifs is 1. The Morgan fingerprint density at radius 1 is 1.47 bits per heavy atom. The van der Waals surface area contributed by atoms with E-state index in [1.807, 2.05) is 31.2 Å². The van der Waals surface area contributed by atoms with Gasteiger partial charge in [0.2, 0.25) is 0 Å². The highest BCUT2D eigenvalue weighted by Gasteiger charge is 2.13. The smallest absolute Gasteiger partial charge is 0.179 e. The third kappa shape index (κ3) is 1.48. The zero-order valence-electron chi connectivity index (χ0n) is 8.71. The summed E-state index contributed by atoms with van der Waals surface area (Å²) >= 11 is 0. The zero-order chi connectivity index (χ0) is 10.8. The number of hydrogen-bond donors (Lipinski definition) is 1. The van der Waals surface area contributed by atoms with Crippen LogP contribution < -0.4 is 0 Å². The number of rotatable bonds is 3. The van der Waals surface area contributed by atoms with Crippen molar-refractivity contribution in [1.82, 2.24) is 4.98 Å². The minimum absolute atomic E-state index is 0.126. The Labute approximate surface area is 88.6 Å². The van der Waals surface area contributed by atoms with Crippen LogP contribution in [0.3, 0.4) is 0 Å². The predicted octanol–water partition coefficient (Wildman–Crippen LogP) is 3.40. The average molecular weight is 199 g/mol. The van der Waals surface area contributed by atoms with Gasteiger partial charge >= 0.3 is 0 Å². The van der Waals surface area contributed by atoms with Crippen LogP contribution in [-0.2, 0) is 0 Å². The van der Waals surface area contributed by atoms with E-state index < -0.39 is 0 Å². The molecule has 2 heteroatoms. The molecule has 0 radical (unpaired) electrons. The number of aromatic amines is 1. The van der Waals surface area contributed by atoms with Gasteiger partial charge in [0.05, 0.1) is 5.69 Å². The summed E-state index contributed by atoms with van der Waals surface area (Å²) in [7, 11) is 0. The van der Waals surface area contributed by atoms with Gasteiger partial charge in [-0.3, -0.25) is 4.79 Å². The number of nitrogens with one attached hydrogen (secondary N) is 1. The van der Waals surface area contributed by atoms with E-state index in [2.05, 4.69) is 11.6 Å². The quantitative estimate of drug-likeness (QED) is 0.755. The largest absolute Gasteiger partial charge is 0.352 e. The first-order valence-corrected chi connectivity index (χ1v) is 5.04. The molecule has 0 unspecified atom stereocenters. The van der Waals surface area contributed by atoms with E-state index in [4.69, 9.17) is 0 Å². The van der Waals surface area contributed by atoms with Gasteiger partial charge in [-0.05, 0) is 6.07 Å². The molecule has 0 saturated heterocycles. The molecule has 2 nitrogen and oxygen atoms in total. The third-order valence-corrected chi connectivity index (χ3v) is 2.55. The molecule has 0 amide bonds. The molecule has 76 valence electrons. The lowest BCUT2D eigenvalue weighted by atomic mass is 10.1. The lowest BCUT2D eigenvalue weighted by Gasteiger charge is -1.95. The number of aromatic nitrogens is 1. The summed E-state index contributed by atoms with van der Waals surface area (Å²) in [4.78, 5) is 14.8. The van der Waals surface area contributed by atoms with E-state index >= 15 is 0 Å². The number of Topliss-reactive ketones (excluding diaryl/α,β-unsaturated/α-hetero) is 1. The van der Waals surface area contributed by atoms with Gasteiger partial charge < -0.3 is 4.98 Å². The Hall–Kier alpha value is -1.83. The maximum Gasteiger partial charge on any atom is 0.179 e. The molecule has 1 N–H and O–H groups in total. The van der Waals surface area contributed by atoms with Crippen LogP contribution in [0, 0.1) is 0 Å². The summed E-state index contributed by atoms with van der Waals surface area (Å²) in [5, 5.41) is 1.06. The van der Waals surface area contributed by atoms with Crippen molar-refractivity contribution >= 4 is 22.8 Å². The van der Waals surface area contributed by atoms with E-state index in [1.165, 1.54) is 0 Å². The minimum atomic E-state index is 0.126. The first-order chi connectivity index (χ1) is 7.27. The molecule has 0 aliphatic rings. The van der Waals surface area contributed by atoms with Gasteiger partial charge in [0.1, 0.15) is 0 Å². The monoisotopic (exact) mass is 199 g/mol. The van der Waals surface area contributed by atoms with Crippen molar-refractivity contribution in [2.45, 2.75) is 13.3 Å². The molecule has 1 heterocycles. The van der Waals surface area contributed by atoms with Crippen LogP contribution in [-0.4, -0.2) is 10.8 Å². The van der Waals surface area contributed by atoms with Crippen molar-refractivity contribution in [2.75, 3.05) is 0 Å². The third-order valence-electron chi connectivity index (χ3n) is 2.55. The summed E-state index contributed by atoms with van der Waals surface area (Å²) in [5.74, 6) is 0.126. The maximum atomic E-state index is 11.7. The van der Waals surface area contributed by atoms with Crippen molar-refractivity contribution in [3.8, 4) is 0 Å². The van der Waals surface area contributed by atoms with Gasteiger partial charge in [-0.25, -0.2) is 0 Å². The molecule has 1 aromatic heterocycles. The Kier molecular flexibility index (Phi) is 2.42. The lowest BCUT2D eigenvalue weighted by molar-refractivity contribution is 0.0984. The fraction of sp³-hybridized carbons (Fsp3) is 0.154. The summed E-state index contributed by atoms with van der Waals surface area (Å²) < 4.78 is 0. The van der Waals surface area contributed by atoms with Crippen molar-refractivity contribution < 1.29 is 4.79 Å². The number of ketones is 1. The zero-order valence-corrected chi connectivity index (χ0v) is 8.71. The average Bonchev–Trinajstić information content (AvgIpc) is 2.66. The van der Waals surface area contributed by atoms with Crippen LogP contribution in [0.5, 0.6) is 0 Å². The van der Waals surface area contributed by atoms with Crippen LogP contribution >= 0.6 is 0 Å². The second kappa shape index (κ2) is 3.73. The Bertz CT molecular complexity index is 522. The predicted molar refractivity (Wildman–Crippen MR) is 63.0 cm³/mol. The molecule has 2 rings (SSSR count). The fourth-order valence-corrected chi connectivity index (χ4v) is 1.77. The number of carbonyl (C=O) groups excluding carboxylic acids is 1. The van der Waals surface area contributed by atoms with Crippen molar-refractivity contribution in [3.63, 3.8) is 0 Å². The van der Waals surface area contributed by atoms with Crippen LogP contribution in [0.2, 0.25) is 0 Å². The van der Waals surface area contributed by atoms with Crippen LogP contribution in [0.4, 0.5) is 0 Å². The number of hydrogen-bond acceptors (Lipinski definition) is 1. The maximum absolute atomic E-state index is 11.7. The molecule has 0 spiro atoms. The summed E-state index contributed by atoms with van der Waals surface area (Å²) in [6, 6.07) is 7.87. The fourth-order valence-electron chi connectivity index (χ4n) is 1.77. The molecule has 0 bridgehead atoms. The SMILES string of the molecule is C=Cc1c(C(=O)CC)[nH]c2ccccc12. The molecule has 0 aliphatic heterocycles. The highest BCUT2D eigenvalue weighted by molar-refractivity contribution is 6.05. The molecule has 0 saturated carbocycles. The molecule has 0 atom stereocenters. The molecule has 15 heavy (non-hydrogen) atoms. The van der Waals surface area contributed by atoms with Gasteiger partial charge in [-0.2, -0.15) is 0 Å².